The molecule has 0 bridgehead atoms. The van der Waals surface area contributed by atoms with Gasteiger partial charge in [-0.1, -0.05) is 12.1 Å². The normalized spacial score (nSPS) is 18.5. The van der Waals surface area contributed by atoms with Crippen LogP contribution in [-0.4, -0.2) is 70.0 Å². The average molecular weight is 360 g/mol. The van der Waals surface area contributed by atoms with Gasteiger partial charge in [-0.25, -0.2) is 4.98 Å². The van der Waals surface area contributed by atoms with E-state index in [2.05, 4.69) is 9.88 Å². The van der Waals surface area contributed by atoms with Gasteiger partial charge in [-0.2, -0.15) is 11.8 Å². The Morgan fingerprint density at radius 2 is 2.16 bits per heavy atom. The van der Waals surface area contributed by atoms with Gasteiger partial charge in [0.25, 0.3) is 5.56 Å². The third kappa shape index (κ3) is 4.22. The van der Waals surface area contributed by atoms with E-state index in [1.165, 1.54) is 10.9 Å². The van der Waals surface area contributed by atoms with Crippen LogP contribution in [0.3, 0.4) is 0 Å². The molecule has 1 atom stereocenters. The van der Waals surface area contributed by atoms with Crippen molar-refractivity contribution in [3.63, 3.8) is 0 Å². The van der Waals surface area contributed by atoms with Gasteiger partial charge in [0.15, 0.2) is 0 Å². The standard InChI is InChI=1S/C18H24N4O2S/c1-20(2)10-14-12-25-9-5-8-22(14)17(23)11-21-13-19-16-7-4-3-6-15(16)18(21)24/h3-4,6-7,13-14H,5,8-12H2,1-2H3. The molecule has 0 aliphatic carbocycles. The van der Waals surface area contributed by atoms with Crippen molar-refractivity contribution >= 4 is 28.6 Å². The number of aromatic nitrogens is 2. The lowest BCUT2D eigenvalue weighted by atomic mass is 10.2. The summed E-state index contributed by atoms with van der Waals surface area (Å²) in [5.41, 5.74) is 0.500. The number of fused-ring (bicyclic) bond motifs is 1. The van der Waals surface area contributed by atoms with Gasteiger partial charge < -0.3 is 9.80 Å². The third-order valence-corrected chi connectivity index (χ3v) is 5.57. The Morgan fingerprint density at radius 1 is 1.36 bits per heavy atom. The zero-order valence-corrected chi connectivity index (χ0v) is 15.5. The van der Waals surface area contributed by atoms with Crippen LogP contribution in [-0.2, 0) is 11.3 Å². The lowest BCUT2D eigenvalue weighted by Crippen LogP contribution is -2.48. The molecule has 7 heteroatoms. The first-order valence-electron chi connectivity index (χ1n) is 8.52. The smallest absolute Gasteiger partial charge is 0.261 e. The molecule has 0 N–H and O–H groups in total. The van der Waals surface area contributed by atoms with Gasteiger partial charge in [0, 0.05) is 18.8 Å². The summed E-state index contributed by atoms with van der Waals surface area (Å²) in [6, 6.07) is 7.41. The molecule has 1 fully saturated rings. The second kappa shape index (κ2) is 8.01. The van der Waals surface area contributed by atoms with E-state index in [0.29, 0.717) is 10.9 Å². The van der Waals surface area contributed by atoms with E-state index in [0.717, 1.165) is 31.0 Å². The van der Waals surface area contributed by atoms with E-state index >= 15 is 0 Å². The van der Waals surface area contributed by atoms with Gasteiger partial charge in [0.05, 0.1) is 23.3 Å². The summed E-state index contributed by atoms with van der Waals surface area (Å²) < 4.78 is 1.43. The number of hydrogen-bond donors (Lipinski definition) is 0. The number of carbonyl (C=O) groups excluding carboxylic acids is 1. The summed E-state index contributed by atoms with van der Waals surface area (Å²) in [5, 5.41) is 0.550. The van der Waals surface area contributed by atoms with E-state index in [9.17, 15) is 9.59 Å². The van der Waals surface area contributed by atoms with E-state index in [-0.39, 0.29) is 24.1 Å². The molecule has 1 aliphatic rings. The molecule has 1 saturated heterocycles. The maximum atomic E-state index is 12.9. The SMILES string of the molecule is CN(C)CC1CSCCCN1C(=O)Cn1cnc2ccccc2c1=O. The minimum Gasteiger partial charge on any atom is -0.336 e. The quantitative estimate of drug-likeness (QED) is 0.822. The summed E-state index contributed by atoms with van der Waals surface area (Å²) in [6.07, 6.45) is 2.47. The number of amides is 1. The Hall–Kier alpha value is -1.86. The molecule has 1 aromatic carbocycles. The third-order valence-electron chi connectivity index (χ3n) is 4.37. The van der Waals surface area contributed by atoms with Crippen molar-refractivity contribution < 1.29 is 4.79 Å². The summed E-state index contributed by atoms with van der Waals surface area (Å²) >= 11 is 1.90. The monoisotopic (exact) mass is 360 g/mol. The molecule has 2 aromatic rings. The molecule has 0 radical (unpaired) electrons. The van der Waals surface area contributed by atoms with Crippen molar-refractivity contribution in [1.82, 2.24) is 19.4 Å². The lowest BCUT2D eigenvalue weighted by Gasteiger charge is -2.31. The highest BCUT2D eigenvalue weighted by atomic mass is 32.2. The number of nitrogens with zero attached hydrogens (tertiary/aromatic N) is 4. The molecule has 1 aliphatic heterocycles. The van der Waals surface area contributed by atoms with Crippen LogP contribution in [0.1, 0.15) is 6.42 Å². The van der Waals surface area contributed by atoms with Crippen LogP contribution in [0.5, 0.6) is 0 Å². The first-order valence-corrected chi connectivity index (χ1v) is 9.68. The Balaban J connectivity index is 1.82. The summed E-state index contributed by atoms with van der Waals surface area (Å²) in [7, 11) is 4.05. The van der Waals surface area contributed by atoms with E-state index in [1.807, 2.05) is 49.0 Å². The Bertz CT molecular complexity index is 805. The van der Waals surface area contributed by atoms with Gasteiger partial charge in [0.2, 0.25) is 5.91 Å². The number of rotatable bonds is 4. The summed E-state index contributed by atoms with van der Waals surface area (Å²) in [5.74, 6) is 2.01. The van der Waals surface area contributed by atoms with Gasteiger partial charge in [-0.05, 0) is 38.4 Å². The van der Waals surface area contributed by atoms with Gasteiger partial charge in [-0.15, -0.1) is 0 Å². The fourth-order valence-corrected chi connectivity index (χ4v) is 4.24. The largest absolute Gasteiger partial charge is 0.336 e. The molecule has 0 spiro atoms. The summed E-state index contributed by atoms with van der Waals surface area (Å²) in [6.45, 7) is 1.63. The predicted octanol–water partition coefficient (Wildman–Crippen LogP) is 1.29. The topological polar surface area (TPSA) is 58.4 Å². The zero-order chi connectivity index (χ0) is 17.8. The van der Waals surface area contributed by atoms with Crippen molar-refractivity contribution in [3.05, 3.63) is 40.9 Å². The molecule has 134 valence electrons. The van der Waals surface area contributed by atoms with Crippen molar-refractivity contribution in [2.24, 2.45) is 0 Å². The molecule has 1 amide bonds. The molecule has 6 nitrogen and oxygen atoms in total. The molecule has 3 rings (SSSR count). The highest BCUT2D eigenvalue weighted by Crippen LogP contribution is 2.17. The fourth-order valence-electron chi connectivity index (χ4n) is 3.19. The van der Waals surface area contributed by atoms with Crippen LogP contribution in [0, 0.1) is 0 Å². The second-order valence-corrected chi connectivity index (χ2v) is 7.78. The lowest BCUT2D eigenvalue weighted by molar-refractivity contribution is -0.134. The number of thioether (sulfide) groups is 1. The predicted molar refractivity (Wildman–Crippen MR) is 102 cm³/mol. The molecule has 1 unspecified atom stereocenters. The Kier molecular flexibility index (Phi) is 5.75. The number of likely N-dealkylation sites (N-methyl/N-ethyl adjacent to an activating group) is 1. The minimum atomic E-state index is -0.160. The van der Waals surface area contributed by atoms with E-state index in [1.54, 1.807) is 6.07 Å². The Morgan fingerprint density at radius 3 is 2.96 bits per heavy atom. The van der Waals surface area contributed by atoms with Crippen molar-refractivity contribution in [2.75, 3.05) is 38.7 Å². The molecule has 25 heavy (non-hydrogen) atoms. The molecule has 2 heterocycles. The van der Waals surface area contributed by atoms with Gasteiger partial charge in [-0.3, -0.25) is 14.2 Å². The number of benzene rings is 1. The van der Waals surface area contributed by atoms with Crippen LogP contribution in [0.2, 0.25) is 0 Å². The van der Waals surface area contributed by atoms with Gasteiger partial charge >= 0.3 is 0 Å². The van der Waals surface area contributed by atoms with Crippen LogP contribution < -0.4 is 5.56 Å². The highest BCUT2D eigenvalue weighted by Gasteiger charge is 2.26. The molecule has 1 aromatic heterocycles. The molecule has 0 saturated carbocycles. The van der Waals surface area contributed by atoms with E-state index < -0.39 is 0 Å². The fraction of sp³-hybridized carbons (Fsp3) is 0.500. The zero-order valence-electron chi connectivity index (χ0n) is 14.7. The van der Waals surface area contributed by atoms with Gasteiger partial charge in [0.1, 0.15) is 6.54 Å². The van der Waals surface area contributed by atoms with Crippen LogP contribution >= 0.6 is 11.8 Å². The number of para-hydroxylation sites is 1. The molecular weight excluding hydrogens is 336 g/mol. The minimum absolute atomic E-state index is 0.00599. The van der Waals surface area contributed by atoms with Crippen LogP contribution in [0.15, 0.2) is 35.4 Å². The van der Waals surface area contributed by atoms with E-state index in [4.69, 9.17) is 0 Å². The van der Waals surface area contributed by atoms with Crippen LogP contribution in [0.25, 0.3) is 10.9 Å². The van der Waals surface area contributed by atoms with Crippen molar-refractivity contribution in [3.8, 4) is 0 Å². The van der Waals surface area contributed by atoms with Crippen molar-refractivity contribution in [2.45, 2.75) is 19.0 Å². The Labute approximate surface area is 151 Å². The first kappa shape index (κ1) is 17.9. The maximum Gasteiger partial charge on any atom is 0.261 e. The average Bonchev–Trinajstić information content (AvgIpc) is 2.82. The van der Waals surface area contributed by atoms with Crippen molar-refractivity contribution in [1.29, 1.82) is 0 Å². The molecular formula is C18H24N4O2S. The number of hydrogen-bond acceptors (Lipinski definition) is 5. The first-order chi connectivity index (χ1) is 12.1. The van der Waals surface area contributed by atoms with Crippen LogP contribution in [0.4, 0.5) is 0 Å². The second-order valence-electron chi connectivity index (χ2n) is 6.63. The summed E-state index contributed by atoms with van der Waals surface area (Å²) in [4.78, 5) is 33.9. The number of carbonyl (C=O) groups is 1. The highest BCUT2D eigenvalue weighted by molar-refractivity contribution is 7.99. The maximum absolute atomic E-state index is 12.9.